The maximum atomic E-state index is 12.5. The minimum Gasteiger partial charge on any atom is -0.279 e. The van der Waals surface area contributed by atoms with Crippen LogP contribution in [0.3, 0.4) is 0 Å². The van der Waals surface area contributed by atoms with Gasteiger partial charge in [0.15, 0.2) is 0 Å². The predicted molar refractivity (Wildman–Crippen MR) is 83.9 cm³/mol. The van der Waals surface area contributed by atoms with Gasteiger partial charge in [-0.2, -0.15) is 0 Å². The monoisotopic (exact) mass is 350 g/mol. The summed E-state index contributed by atoms with van der Waals surface area (Å²) in [5.41, 5.74) is 1.73. The van der Waals surface area contributed by atoms with Gasteiger partial charge in [0.1, 0.15) is 16.4 Å². The number of halogens is 1. The number of tetrazole rings is 1. The quantitative estimate of drug-likeness (QED) is 0.720. The first kappa shape index (κ1) is 15.4. The number of sulfonamides is 1. The van der Waals surface area contributed by atoms with Crippen molar-refractivity contribution in [2.45, 2.75) is 11.8 Å². The Bertz CT molecular complexity index is 943. The van der Waals surface area contributed by atoms with E-state index in [0.29, 0.717) is 16.9 Å². The fourth-order valence-electron chi connectivity index (χ4n) is 2.03. The van der Waals surface area contributed by atoms with Crippen LogP contribution in [0.2, 0.25) is 5.15 Å². The van der Waals surface area contributed by atoms with E-state index in [2.05, 4.69) is 25.2 Å². The lowest BCUT2D eigenvalue weighted by Crippen LogP contribution is -2.15. The zero-order valence-electron chi connectivity index (χ0n) is 11.9. The summed E-state index contributed by atoms with van der Waals surface area (Å²) in [6.07, 6.45) is 2.85. The van der Waals surface area contributed by atoms with Gasteiger partial charge in [0.05, 0.1) is 11.4 Å². The highest BCUT2D eigenvalue weighted by Gasteiger charge is 2.20. The Kier molecular flexibility index (Phi) is 3.97. The number of rotatable bonds is 4. The number of pyridine rings is 1. The highest BCUT2D eigenvalue weighted by atomic mass is 35.5. The Hall–Kier alpha value is -2.52. The molecule has 0 aliphatic rings. The zero-order chi connectivity index (χ0) is 16.4. The van der Waals surface area contributed by atoms with Crippen LogP contribution in [-0.4, -0.2) is 33.6 Å². The molecule has 0 bridgehead atoms. The molecule has 3 aromatic rings. The van der Waals surface area contributed by atoms with Crippen LogP contribution in [0.5, 0.6) is 0 Å². The minimum atomic E-state index is -3.86. The van der Waals surface area contributed by atoms with Crippen LogP contribution in [0.1, 0.15) is 5.56 Å². The van der Waals surface area contributed by atoms with Gasteiger partial charge >= 0.3 is 0 Å². The average Bonchev–Trinajstić information content (AvgIpc) is 3.03. The molecule has 3 rings (SSSR count). The number of hydrogen-bond donors (Lipinski definition) is 1. The van der Waals surface area contributed by atoms with E-state index >= 15 is 0 Å². The number of anilines is 1. The van der Waals surface area contributed by atoms with Gasteiger partial charge in [0.25, 0.3) is 10.0 Å². The molecule has 8 nitrogen and oxygen atoms in total. The fraction of sp³-hybridized carbons (Fsp3) is 0.0769. The Labute approximate surface area is 137 Å². The largest absolute Gasteiger partial charge is 0.279 e. The maximum Gasteiger partial charge on any atom is 0.264 e. The van der Waals surface area contributed by atoms with Crippen LogP contribution in [0.25, 0.3) is 5.69 Å². The summed E-state index contributed by atoms with van der Waals surface area (Å²) in [6.45, 7) is 1.76. The van der Waals surface area contributed by atoms with Crippen molar-refractivity contribution in [3.8, 4) is 5.69 Å². The van der Waals surface area contributed by atoms with Crippen LogP contribution < -0.4 is 4.72 Å². The van der Waals surface area contributed by atoms with Gasteiger partial charge < -0.3 is 0 Å². The molecule has 2 heterocycles. The third-order valence-corrected chi connectivity index (χ3v) is 4.97. The molecule has 0 radical (unpaired) electrons. The van der Waals surface area contributed by atoms with E-state index < -0.39 is 10.0 Å². The summed E-state index contributed by atoms with van der Waals surface area (Å²) in [7, 11) is -3.86. The van der Waals surface area contributed by atoms with Gasteiger partial charge in [-0.25, -0.2) is 18.1 Å². The van der Waals surface area contributed by atoms with Gasteiger partial charge in [-0.15, -0.1) is 5.10 Å². The lowest BCUT2D eigenvalue weighted by molar-refractivity contribution is 0.601. The smallest absolute Gasteiger partial charge is 0.264 e. The van der Waals surface area contributed by atoms with Crippen molar-refractivity contribution in [3.63, 3.8) is 0 Å². The molecule has 23 heavy (non-hydrogen) atoms. The van der Waals surface area contributed by atoms with Gasteiger partial charge in [-0.05, 0) is 47.2 Å². The number of nitrogens with zero attached hydrogens (tertiary/aromatic N) is 5. The molecule has 118 valence electrons. The Balaban J connectivity index is 2.01. The molecule has 0 fully saturated rings. The van der Waals surface area contributed by atoms with Crippen molar-refractivity contribution in [3.05, 3.63) is 53.6 Å². The Morgan fingerprint density at radius 3 is 2.74 bits per heavy atom. The molecule has 0 aliphatic heterocycles. The summed E-state index contributed by atoms with van der Waals surface area (Å²) in [6, 6.07) is 8.02. The number of aromatic nitrogens is 5. The van der Waals surface area contributed by atoms with Crippen LogP contribution in [-0.2, 0) is 10.0 Å². The SMILES string of the molecule is Cc1c(NS(=O)(=O)c2cccnc2Cl)cccc1-n1cnnn1. The lowest BCUT2D eigenvalue weighted by Gasteiger charge is -2.13. The number of nitrogens with one attached hydrogen (secondary N) is 1. The third kappa shape index (κ3) is 3.01. The molecule has 10 heteroatoms. The first-order valence-corrected chi connectivity index (χ1v) is 8.31. The molecule has 2 aromatic heterocycles. The van der Waals surface area contributed by atoms with Crippen molar-refractivity contribution in [1.82, 2.24) is 25.2 Å². The van der Waals surface area contributed by atoms with Gasteiger partial charge in [0.2, 0.25) is 0 Å². The van der Waals surface area contributed by atoms with E-state index in [0.717, 1.165) is 0 Å². The molecule has 1 aromatic carbocycles. The van der Waals surface area contributed by atoms with Crippen LogP contribution in [0.4, 0.5) is 5.69 Å². The van der Waals surface area contributed by atoms with E-state index in [1.165, 1.54) is 29.3 Å². The minimum absolute atomic E-state index is 0.0886. The van der Waals surface area contributed by atoms with Gasteiger partial charge in [-0.3, -0.25) is 4.72 Å². The normalized spacial score (nSPS) is 11.4. The van der Waals surface area contributed by atoms with Crippen LogP contribution >= 0.6 is 11.6 Å². The summed E-state index contributed by atoms with van der Waals surface area (Å²) < 4.78 is 28.9. The summed E-state index contributed by atoms with van der Waals surface area (Å²) in [4.78, 5) is 3.69. The molecule has 0 spiro atoms. The first-order valence-electron chi connectivity index (χ1n) is 6.45. The van der Waals surface area contributed by atoms with E-state index in [9.17, 15) is 8.42 Å². The molecular weight excluding hydrogens is 340 g/mol. The van der Waals surface area contributed by atoms with E-state index in [1.807, 2.05) is 0 Å². The van der Waals surface area contributed by atoms with Crippen molar-refractivity contribution in [2.75, 3.05) is 4.72 Å². The van der Waals surface area contributed by atoms with Crippen molar-refractivity contribution >= 4 is 27.3 Å². The third-order valence-electron chi connectivity index (χ3n) is 3.16. The standard InChI is InChI=1S/C13H11ClN6O2S/c1-9-10(4-2-5-11(9)20-8-16-18-19-20)17-23(21,22)12-6-3-7-15-13(12)14/h2-8,17H,1H3. The van der Waals surface area contributed by atoms with Crippen LogP contribution in [0.15, 0.2) is 47.8 Å². The summed E-state index contributed by atoms with van der Waals surface area (Å²) >= 11 is 5.87. The topological polar surface area (TPSA) is 103 Å². The molecule has 0 atom stereocenters. The molecular formula is C13H11ClN6O2S. The Morgan fingerprint density at radius 2 is 2.04 bits per heavy atom. The van der Waals surface area contributed by atoms with E-state index in [1.54, 1.807) is 25.1 Å². The maximum absolute atomic E-state index is 12.5. The number of benzene rings is 1. The summed E-state index contributed by atoms with van der Waals surface area (Å²) in [5, 5.41) is 10.9. The highest BCUT2D eigenvalue weighted by Crippen LogP contribution is 2.26. The second kappa shape index (κ2) is 5.94. The first-order chi connectivity index (χ1) is 11.0. The second-order valence-corrected chi connectivity index (χ2v) is 6.61. The van der Waals surface area contributed by atoms with Crippen molar-refractivity contribution in [2.24, 2.45) is 0 Å². The molecule has 0 saturated heterocycles. The van der Waals surface area contributed by atoms with Gasteiger partial charge in [0, 0.05) is 6.20 Å². The van der Waals surface area contributed by atoms with Crippen molar-refractivity contribution < 1.29 is 8.42 Å². The molecule has 0 amide bonds. The van der Waals surface area contributed by atoms with Gasteiger partial charge in [-0.1, -0.05) is 17.7 Å². The predicted octanol–water partition coefficient (Wildman–Crippen LogP) is 1.82. The van der Waals surface area contributed by atoms with Crippen LogP contribution in [0, 0.1) is 6.92 Å². The number of hydrogen-bond acceptors (Lipinski definition) is 6. The van der Waals surface area contributed by atoms with E-state index in [-0.39, 0.29) is 10.0 Å². The summed E-state index contributed by atoms with van der Waals surface area (Å²) in [5.74, 6) is 0. The van der Waals surface area contributed by atoms with E-state index in [4.69, 9.17) is 11.6 Å². The molecule has 0 aliphatic carbocycles. The average molecular weight is 351 g/mol. The molecule has 1 N–H and O–H groups in total. The zero-order valence-corrected chi connectivity index (χ0v) is 13.5. The highest BCUT2D eigenvalue weighted by molar-refractivity contribution is 7.92. The second-order valence-electron chi connectivity index (χ2n) is 4.60. The fourth-order valence-corrected chi connectivity index (χ4v) is 3.60. The van der Waals surface area contributed by atoms with Crippen molar-refractivity contribution in [1.29, 1.82) is 0 Å². The molecule has 0 saturated carbocycles. The lowest BCUT2D eigenvalue weighted by atomic mass is 10.1. The molecule has 0 unspecified atom stereocenters. The Morgan fingerprint density at radius 1 is 1.22 bits per heavy atom.